The summed E-state index contributed by atoms with van der Waals surface area (Å²) in [5, 5.41) is 3.04. The van der Waals surface area contributed by atoms with Gasteiger partial charge in [-0.2, -0.15) is 0 Å². The van der Waals surface area contributed by atoms with E-state index in [2.05, 4.69) is 24.1 Å². The van der Waals surface area contributed by atoms with Crippen LogP contribution in [-0.2, 0) is 4.79 Å². The summed E-state index contributed by atoms with van der Waals surface area (Å²) in [5.74, 6) is 0.728. The predicted molar refractivity (Wildman–Crippen MR) is 70.7 cm³/mol. The van der Waals surface area contributed by atoms with Gasteiger partial charge in [0, 0.05) is 18.6 Å². The molecule has 1 aliphatic rings. The molecule has 0 radical (unpaired) electrons. The van der Waals surface area contributed by atoms with Crippen LogP contribution in [0.15, 0.2) is 0 Å². The van der Waals surface area contributed by atoms with Gasteiger partial charge in [0.05, 0.1) is 6.04 Å². The molecular formula is C13H27N3O. The first kappa shape index (κ1) is 14.5. The molecule has 1 heterocycles. The third-order valence-electron chi connectivity index (χ3n) is 4.04. The van der Waals surface area contributed by atoms with Crippen LogP contribution in [0, 0.1) is 5.92 Å². The first-order chi connectivity index (χ1) is 8.01. The molecule has 1 amide bonds. The molecule has 1 saturated heterocycles. The number of nitrogens with one attached hydrogen (secondary N) is 1. The number of carbonyl (C=O) groups excluding carboxylic acids is 1. The first-order valence-electron chi connectivity index (χ1n) is 6.77. The summed E-state index contributed by atoms with van der Waals surface area (Å²) in [6.07, 6.45) is 2.11. The van der Waals surface area contributed by atoms with E-state index in [1.807, 2.05) is 13.8 Å². The third kappa shape index (κ3) is 3.42. The molecule has 0 aromatic heterocycles. The van der Waals surface area contributed by atoms with Gasteiger partial charge in [-0.1, -0.05) is 13.8 Å². The van der Waals surface area contributed by atoms with Gasteiger partial charge in [0.2, 0.25) is 5.91 Å². The van der Waals surface area contributed by atoms with Crippen LogP contribution in [0.25, 0.3) is 0 Å². The standard InChI is InChI=1S/C13H27N3O/c1-5-10(3)15-13(17)11(4)16-7-6-9(2)12(16)8-14/h9-12H,5-8,14H2,1-4H3,(H,15,17). The second-order valence-electron chi connectivity index (χ2n) is 5.30. The van der Waals surface area contributed by atoms with Gasteiger partial charge in [0.1, 0.15) is 0 Å². The topological polar surface area (TPSA) is 58.4 Å². The molecule has 1 fully saturated rings. The number of nitrogens with two attached hydrogens (primary N) is 1. The van der Waals surface area contributed by atoms with Crippen molar-refractivity contribution in [3.05, 3.63) is 0 Å². The van der Waals surface area contributed by atoms with E-state index in [9.17, 15) is 4.79 Å². The molecule has 0 saturated carbocycles. The zero-order chi connectivity index (χ0) is 13.0. The van der Waals surface area contributed by atoms with Crippen molar-refractivity contribution in [3.63, 3.8) is 0 Å². The van der Waals surface area contributed by atoms with E-state index < -0.39 is 0 Å². The Kier molecular flexibility index (Phi) is 5.40. The number of rotatable bonds is 5. The molecule has 3 N–H and O–H groups in total. The predicted octanol–water partition coefficient (Wildman–Crippen LogP) is 0.959. The Morgan fingerprint density at radius 3 is 2.71 bits per heavy atom. The zero-order valence-corrected chi connectivity index (χ0v) is 11.6. The molecule has 100 valence electrons. The second kappa shape index (κ2) is 6.36. The number of amides is 1. The van der Waals surface area contributed by atoms with Crippen molar-refractivity contribution in [2.24, 2.45) is 11.7 Å². The van der Waals surface area contributed by atoms with E-state index in [0.717, 1.165) is 19.4 Å². The highest BCUT2D eigenvalue weighted by molar-refractivity contribution is 5.81. The lowest BCUT2D eigenvalue weighted by Gasteiger charge is -2.31. The maximum Gasteiger partial charge on any atom is 0.237 e. The van der Waals surface area contributed by atoms with Crippen molar-refractivity contribution >= 4 is 5.91 Å². The lowest BCUT2D eigenvalue weighted by molar-refractivity contribution is -0.126. The summed E-state index contributed by atoms with van der Waals surface area (Å²) in [6, 6.07) is 0.538. The smallest absolute Gasteiger partial charge is 0.237 e. The molecule has 0 aromatic carbocycles. The summed E-state index contributed by atoms with van der Waals surface area (Å²) in [5.41, 5.74) is 5.81. The van der Waals surface area contributed by atoms with Crippen LogP contribution in [0.3, 0.4) is 0 Å². The van der Waals surface area contributed by atoms with Crippen molar-refractivity contribution in [2.75, 3.05) is 13.1 Å². The lowest BCUT2D eigenvalue weighted by Crippen LogP contribution is -2.51. The molecule has 0 bridgehead atoms. The molecule has 0 aromatic rings. The van der Waals surface area contributed by atoms with Crippen molar-refractivity contribution in [1.29, 1.82) is 0 Å². The van der Waals surface area contributed by atoms with Gasteiger partial charge in [-0.05, 0) is 39.2 Å². The van der Waals surface area contributed by atoms with Gasteiger partial charge in [-0.3, -0.25) is 9.69 Å². The minimum atomic E-state index is -0.0671. The van der Waals surface area contributed by atoms with E-state index in [0.29, 0.717) is 18.5 Å². The van der Waals surface area contributed by atoms with Crippen LogP contribution >= 0.6 is 0 Å². The van der Waals surface area contributed by atoms with Crippen LogP contribution in [-0.4, -0.2) is 42.0 Å². The van der Waals surface area contributed by atoms with Crippen LogP contribution < -0.4 is 11.1 Å². The molecule has 4 heteroatoms. The Hall–Kier alpha value is -0.610. The average Bonchev–Trinajstić information content (AvgIpc) is 2.68. The summed E-state index contributed by atoms with van der Waals surface area (Å²) in [4.78, 5) is 14.3. The Morgan fingerprint density at radius 1 is 1.53 bits per heavy atom. The molecule has 1 aliphatic heterocycles. The molecule has 4 nitrogen and oxygen atoms in total. The van der Waals surface area contributed by atoms with Crippen LogP contribution in [0.1, 0.15) is 40.5 Å². The highest BCUT2D eigenvalue weighted by Gasteiger charge is 2.35. The summed E-state index contributed by atoms with van der Waals surface area (Å²) in [7, 11) is 0. The van der Waals surface area contributed by atoms with E-state index in [1.54, 1.807) is 0 Å². The Balaban J connectivity index is 2.57. The number of likely N-dealkylation sites (tertiary alicyclic amines) is 1. The van der Waals surface area contributed by atoms with Crippen LogP contribution in [0.2, 0.25) is 0 Å². The van der Waals surface area contributed by atoms with Crippen molar-refractivity contribution in [2.45, 2.75) is 58.7 Å². The van der Waals surface area contributed by atoms with Crippen LogP contribution in [0.5, 0.6) is 0 Å². The Bertz CT molecular complexity index is 257. The monoisotopic (exact) mass is 241 g/mol. The molecule has 0 aliphatic carbocycles. The van der Waals surface area contributed by atoms with Gasteiger partial charge < -0.3 is 11.1 Å². The number of carbonyl (C=O) groups is 1. The van der Waals surface area contributed by atoms with Crippen molar-refractivity contribution in [1.82, 2.24) is 10.2 Å². The molecule has 4 atom stereocenters. The maximum atomic E-state index is 12.1. The van der Waals surface area contributed by atoms with Gasteiger partial charge >= 0.3 is 0 Å². The molecular weight excluding hydrogens is 214 g/mol. The average molecular weight is 241 g/mol. The fraction of sp³-hybridized carbons (Fsp3) is 0.923. The quantitative estimate of drug-likeness (QED) is 0.754. The van der Waals surface area contributed by atoms with E-state index in [4.69, 9.17) is 5.73 Å². The molecule has 1 rings (SSSR count). The van der Waals surface area contributed by atoms with Crippen LogP contribution in [0.4, 0.5) is 0 Å². The van der Waals surface area contributed by atoms with E-state index >= 15 is 0 Å². The highest BCUT2D eigenvalue weighted by atomic mass is 16.2. The number of hydrogen-bond acceptors (Lipinski definition) is 3. The minimum Gasteiger partial charge on any atom is -0.352 e. The fourth-order valence-corrected chi connectivity index (χ4v) is 2.50. The Labute approximate surface area is 105 Å². The number of hydrogen-bond donors (Lipinski definition) is 2. The largest absolute Gasteiger partial charge is 0.352 e. The third-order valence-corrected chi connectivity index (χ3v) is 4.04. The van der Waals surface area contributed by atoms with Gasteiger partial charge in [-0.15, -0.1) is 0 Å². The van der Waals surface area contributed by atoms with Gasteiger partial charge in [0.25, 0.3) is 0 Å². The normalized spacial score (nSPS) is 29.0. The van der Waals surface area contributed by atoms with Crippen molar-refractivity contribution in [3.8, 4) is 0 Å². The van der Waals surface area contributed by atoms with E-state index in [-0.39, 0.29) is 18.0 Å². The summed E-state index contributed by atoms with van der Waals surface area (Å²) < 4.78 is 0. The minimum absolute atomic E-state index is 0.0671. The molecule has 0 spiro atoms. The fourth-order valence-electron chi connectivity index (χ4n) is 2.50. The zero-order valence-electron chi connectivity index (χ0n) is 11.6. The summed E-state index contributed by atoms with van der Waals surface area (Å²) >= 11 is 0. The number of nitrogens with zero attached hydrogens (tertiary/aromatic N) is 1. The highest BCUT2D eigenvalue weighted by Crippen LogP contribution is 2.25. The molecule has 17 heavy (non-hydrogen) atoms. The van der Waals surface area contributed by atoms with Gasteiger partial charge in [-0.25, -0.2) is 0 Å². The second-order valence-corrected chi connectivity index (χ2v) is 5.30. The maximum absolute atomic E-state index is 12.1. The van der Waals surface area contributed by atoms with Gasteiger partial charge in [0.15, 0.2) is 0 Å². The lowest BCUT2D eigenvalue weighted by atomic mass is 10.0. The van der Waals surface area contributed by atoms with E-state index in [1.165, 1.54) is 0 Å². The Morgan fingerprint density at radius 2 is 2.18 bits per heavy atom. The summed E-state index contributed by atoms with van der Waals surface area (Å²) in [6.45, 7) is 9.95. The van der Waals surface area contributed by atoms with Crippen molar-refractivity contribution < 1.29 is 4.79 Å². The molecule has 4 unspecified atom stereocenters. The SMILES string of the molecule is CCC(C)NC(=O)C(C)N1CCC(C)C1CN. The first-order valence-corrected chi connectivity index (χ1v) is 6.77.